The average molecular weight is 932 g/mol. The molecule has 2 amide bonds. The molecule has 0 aliphatic carbocycles. The fourth-order valence-electron chi connectivity index (χ4n) is 5.79. The summed E-state index contributed by atoms with van der Waals surface area (Å²) in [6.07, 6.45) is 0. The van der Waals surface area contributed by atoms with Gasteiger partial charge in [-0.05, 0) is 188 Å². The van der Waals surface area contributed by atoms with Gasteiger partial charge < -0.3 is 30.2 Å². The molecule has 64 heavy (non-hydrogen) atoms. The van der Waals surface area contributed by atoms with Gasteiger partial charge in [-0.2, -0.15) is 0 Å². The molecule has 7 aromatic carbocycles. The zero-order valence-corrected chi connectivity index (χ0v) is 37.5. The number of aryl methyl sites for hydroxylation is 1. The Labute approximate surface area is 391 Å². The summed E-state index contributed by atoms with van der Waals surface area (Å²) in [6.45, 7) is 3.45. The van der Waals surface area contributed by atoms with Crippen molar-refractivity contribution in [2.45, 2.75) is 13.8 Å². The molecule has 0 saturated carbocycles. The summed E-state index contributed by atoms with van der Waals surface area (Å²) in [5.41, 5.74) is 5.30. The topological polar surface area (TPSA) is 149 Å². The number of nitrogens with one attached hydrogen (secondary N) is 3. The largest absolute Gasteiger partial charge is 0.457 e. The van der Waals surface area contributed by atoms with Crippen molar-refractivity contribution in [3.63, 3.8) is 0 Å². The second kappa shape index (κ2) is 22.8. The Hall–Kier alpha value is -7.15. The predicted octanol–water partition coefficient (Wildman–Crippen LogP) is 12.6. The fourth-order valence-corrected chi connectivity index (χ4v) is 6.04. The molecule has 0 bridgehead atoms. The van der Waals surface area contributed by atoms with Gasteiger partial charge >= 0.3 is 0 Å². The van der Waals surface area contributed by atoms with E-state index in [2.05, 4.69) is 16.0 Å². The van der Waals surface area contributed by atoms with Crippen molar-refractivity contribution >= 4 is 68.3 Å². The zero-order valence-electron chi connectivity index (χ0n) is 34.6. The first kappa shape index (κ1) is 47.9. The third kappa shape index (κ3) is 13.4. The van der Waals surface area contributed by atoms with Crippen LogP contribution in [0.25, 0.3) is 0 Å². The smallest absolute Gasteiger partial charge is 0.255 e. The molecule has 0 unspecified atom stereocenters. The molecule has 0 aromatic heterocycles. The van der Waals surface area contributed by atoms with Gasteiger partial charge in [0.2, 0.25) is 0 Å². The summed E-state index contributed by atoms with van der Waals surface area (Å²) < 4.78 is 17.5. The van der Waals surface area contributed by atoms with Gasteiger partial charge in [0.15, 0.2) is 11.5 Å². The SMILES string of the molecule is CNc1ccc(Oc2ccc(C(=O)Nc3ccccc3C)cc2)c(NC(=O)c2ccc(Oc3ccc(C(C)=O)cc3)cc2)c1.O=C(Cl)c1ccc(Oc2ccc(C(=O)Cl)cc2)cc1.[V]. The van der Waals surface area contributed by atoms with Crippen LogP contribution < -0.4 is 30.2 Å². The third-order valence-corrected chi connectivity index (χ3v) is 9.70. The summed E-state index contributed by atoms with van der Waals surface area (Å²) in [7, 11) is 1.79. The second-order valence-corrected chi connectivity index (χ2v) is 14.4. The van der Waals surface area contributed by atoms with Gasteiger partial charge in [-0.25, -0.2) is 0 Å². The average Bonchev–Trinajstić information content (AvgIpc) is 3.29. The first-order valence-electron chi connectivity index (χ1n) is 19.3. The molecule has 321 valence electrons. The number of carbonyl (C=O) groups excluding carboxylic acids is 5. The number of amides is 2. The summed E-state index contributed by atoms with van der Waals surface area (Å²) in [5.74, 6) is 2.62. The molecule has 0 heterocycles. The van der Waals surface area contributed by atoms with Gasteiger partial charge in [0, 0.05) is 64.8 Å². The number of para-hydroxylation sites is 1. The van der Waals surface area contributed by atoms with E-state index in [0.29, 0.717) is 68.0 Å². The maximum Gasteiger partial charge on any atom is 0.255 e. The number of rotatable bonds is 14. The summed E-state index contributed by atoms with van der Waals surface area (Å²) in [5, 5.41) is 7.89. The minimum atomic E-state index is -0.517. The zero-order chi connectivity index (χ0) is 44.9. The number of hydrogen-bond donors (Lipinski definition) is 3. The van der Waals surface area contributed by atoms with Crippen LogP contribution in [0, 0.1) is 6.92 Å². The molecule has 0 fully saturated rings. The molecule has 0 atom stereocenters. The minimum Gasteiger partial charge on any atom is -0.457 e. The van der Waals surface area contributed by atoms with Crippen LogP contribution in [0.2, 0.25) is 0 Å². The maximum absolute atomic E-state index is 13.2. The molecule has 11 nitrogen and oxygen atoms in total. The standard InChI is InChI=1S/C36H31N3O5.C14H8Cl2O3.V/c1-23-6-4-5-7-32(23)38-35(41)26-12-19-31(20-13-26)44-34-21-14-28(37-3)22-33(34)39-36(42)27-10-17-30(18-11-27)43-29-15-8-25(9-16-29)24(2)40;15-13(17)9-1-5-11(6-2-9)19-12-7-3-10(4-8-12)14(16)18;/h4-22,37H,1-3H3,(H,38,41)(H,39,42);1-8H;. The molecule has 0 spiro atoms. The van der Waals surface area contributed by atoms with Crippen molar-refractivity contribution in [3.8, 4) is 34.5 Å². The first-order valence-corrected chi connectivity index (χ1v) is 20.1. The fraction of sp³-hybridized carbons (Fsp3) is 0.0600. The van der Waals surface area contributed by atoms with Crippen LogP contribution in [0.3, 0.4) is 0 Å². The van der Waals surface area contributed by atoms with E-state index >= 15 is 0 Å². The van der Waals surface area contributed by atoms with Crippen LogP contribution in [0.1, 0.15) is 64.3 Å². The van der Waals surface area contributed by atoms with E-state index in [-0.39, 0.29) is 36.2 Å². The van der Waals surface area contributed by atoms with E-state index in [1.807, 2.05) is 37.3 Å². The molecule has 1 radical (unpaired) electrons. The van der Waals surface area contributed by atoms with Crippen molar-refractivity contribution < 1.29 is 56.7 Å². The van der Waals surface area contributed by atoms with Crippen molar-refractivity contribution in [2.75, 3.05) is 23.0 Å². The predicted molar refractivity (Wildman–Crippen MR) is 246 cm³/mol. The molecule has 14 heteroatoms. The quantitative estimate of drug-likeness (QED) is 0.0715. The van der Waals surface area contributed by atoms with Crippen molar-refractivity contribution in [1.29, 1.82) is 0 Å². The maximum atomic E-state index is 13.2. The van der Waals surface area contributed by atoms with E-state index in [0.717, 1.165) is 16.9 Å². The van der Waals surface area contributed by atoms with Gasteiger partial charge in [0.1, 0.15) is 28.7 Å². The number of anilines is 3. The molecule has 7 aromatic rings. The molecule has 3 N–H and O–H groups in total. The first-order chi connectivity index (χ1) is 30.3. The Morgan fingerprint density at radius 3 is 1.22 bits per heavy atom. The van der Waals surface area contributed by atoms with Crippen LogP contribution >= 0.6 is 23.2 Å². The van der Waals surface area contributed by atoms with E-state index < -0.39 is 10.5 Å². The van der Waals surface area contributed by atoms with E-state index in [4.69, 9.17) is 37.4 Å². The van der Waals surface area contributed by atoms with Crippen LogP contribution in [-0.2, 0) is 18.6 Å². The Kier molecular flexibility index (Phi) is 17.1. The normalized spacial score (nSPS) is 10.1. The Bertz CT molecular complexity index is 2690. The number of Topliss-reactive ketones (excluding diaryl/α,β-unsaturated/α-hetero) is 1. The van der Waals surface area contributed by atoms with Crippen LogP contribution in [-0.4, -0.2) is 35.1 Å². The number of benzene rings is 7. The van der Waals surface area contributed by atoms with Gasteiger partial charge in [-0.1, -0.05) is 18.2 Å². The van der Waals surface area contributed by atoms with E-state index in [1.54, 1.807) is 141 Å². The van der Waals surface area contributed by atoms with Gasteiger partial charge in [-0.15, -0.1) is 0 Å². The number of ether oxygens (including phenoxy) is 3. The Morgan fingerprint density at radius 2 is 0.828 bits per heavy atom. The third-order valence-electron chi connectivity index (χ3n) is 9.27. The van der Waals surface area contributed by atoms with Crippen LogP contribution in [0.4, 0.5) is 17.1 Å². The second-order valence-electron chi connectivity index (χ2n) is 13.7. The van der Waals surface area contributed by atoms with E-state index in [9.17, 15) is 24.0 Å². The minimum absolute atomic E-state index is 0. The van der Waals surface area contributed by atoms with Gasteiger partial charge in [-0.3, -0.25) is 24.0 Å². The van der Waals surface area contributed by atoms with Gasteiger partial charge in [0.25, 0.3) is 22.3 Å². The molecule has 0 saturated heterocycles. The molecule has 7 rings (SSSR count). The number of halogens is 2. The molecule has 0 aliphatic heterocycles. The number of carbonyl (C=O) groups is 5. The van der Waals surface area contributed by atoms with Crippen LogP contribution in [0.5, 0.6) is 34.5 Å². The van der Waals surface area contributed by atoms with Crippen molar-refractivity contribution in [2.24, 2.45) is 0 Å². The van der Waals surface area contributed by atoms with Gasteiger partial charge in [0.05, 0.1) is 5.69 Å². The Morgan fingerprint density at radius 1 is 0.453 bits per heavy atom. The summed E-state index contributed by atoms with van der Waals surface area (Å²) in [6, 6.07) is 46.1. The summed E-state index contributed by atoms with van der Waals surface area (Å²) >= 11 is 10.7. The molecule has 0 aliphatic rings. The van der Waals surface area contributed by atoms with E-state index in [1.165, 1.54) is 6.92 Å². The molecular weight excluding hydrogens is 892 g/mol. The summed E-state index contributed by atoms with van der Waals surface area (Å²) in [4.78, 5) is 59.2. The van der Waals surface area contributed by atoms with Crippen molar-refractivity contribution in [1.82, 2.24) is 0 Å². The van der Waals surface area contributed by atoms with Crippen LogP contribution in [0.15, 0.2) is 164 Å². The Balaban J connectivity index is 0.000000322. The van der Waals surface area contributed by atoms with Crippen molar-refractivity contribution in [3.05, 3.63) is 197 Å². The number of ketones is 1. The monoisotopic (exact) mass is 930 g/mol. The molecular formula is C50H39Cl2N3O8V. The number of hydrogen-bond acceptors (Lipinski definition) is 9.